The molecule has 0 amide bonds. The Kier molecular flexibility index (Phi) is 4.79. The molecule has 3 aromatic rings. The van der Waals surface area contributed by atoms with Crippen LogP contribution in [-0.2, 0) is 5.41 Å². The number of phenols is 1. The van der Waals surface area contributed by atoms with E-state index >= 15 is 0 Å². The maximum Gasteiger partial charge on any atom is 0.419 e. The molecule has 2 unspecified atom stereocenters. The Balaban J connectivity index is 1.96. The van der Waals surface area contributed by atoms with Crippen molar-refractivity contribution in [3.8, 4) is 5.75 Å². The number of alkyl halides is 3. The molecule has 0 spiro atoms. The lowest BCUT2D eigenvalue weighted by Crippen LogP contribution is -2.58. The van der Waals surface area contributed by atoms with E-state index in [-0.39, 0.29) is 27.5 Å². The monoisotopic (exact) mass is 452 g/mol. The third-order valence-electron chi connectivity index (χ3n) is 5.89. The lowest BCUT2D eigenvalue weighted by Gasteiger charge is -2.49. The number of aromatic hydroxyl groups is 1. The van der Waals surface area contributed by atoms with E-state index in [1.165, 1.54) is 38.1 Å². The molecule has 4 rings (SSSR count). The van der Waals surface area contributed by atoms with Crippen molar-refractivity contribution in [3.05, 3.63) is 69.0 Å². The first-order valence-corrected chi connectivity index (χ1v) is 9.92. The zero-order valence-electron chi connectivity index (χ0n) is 16.6. The molecule has 2 aromatic carbocycles. The van der Waals surface area contributed by atoms with Crippen LogP contribution in [0.4, 0.5) is 18.9 Å². The molecule has 164 valence electrons. The van der Waals surface area contributed by atoms with Gasteiger partial charge in [0.1, 0.15) is 5.75 Å². The molecule has 2 atom stereocenters. The summed E-state index contributed by atoms with van der Waals surface area (Å²) < 4.78 is 42.7. The first-order valence-electron chi connectivity index (χ1n) is 9.55. The first-order chi connectivity index (χ1) is 14.3. The highest BCUT2D eigenvalue weighted by Gasteiger charge is 2.64. The van der Waals surface area contributed by atoms with Crippen LogP contribution in [0.5, 0.6) is 5.75 Å². The van der Waals surface area contributed by atoms with Gasteiger partial charge in [0, 0.05) is 22.7 Å². The van der Waals surface area contributed by atoms with Crippen molar-refractivity contribution in [3.63, 3.8) is 0 Å². The maximum atomic E-state index is 14.2. The summed E-state index contributed by atoms with van der Waals surface area (Å²) in [7, 11) is 0. The van der Waals surface area contributed by atoms with E-state index in [1.54, 1.807) is 18.2 Å². The summed E-state index contributed by atoms with van der Waals surface area (Å²) in [6, 6.07) is 8.61. The number of benzene rings is 2. The third kappa shape index (κ3) is 3.34. The fraction of sp³-hybridized carbons (Fsp3) is 0.318. The second kappa shape index (κ2) is 6.90. The van der Waals surface area contributed by atoms with Gasteiger partial charge in [0.15, 0.2) is 5.60 Å². The highest BCUT2D eigenvalue weighted by molar-refractivity contribution is 6.32. The molecule has 0 aliphatic heterocycles. The van der Waals surface area contributed by atoms with E-state index in [9.17, 15) is 28.2 Å². The number of hydrogen-bond donors (Lipinski definition) is 4. The second-order valence-corrected chi connectivity index (χ2v) is 8.92. The molecule has 1 aliphatic carbocycles. The zero-order chi connectivity index (χ0) is 22.8. The number of anilines is 1. The van der Waals surface area contributed by atoms with Crippen molar-refractivity contribution in [1.29, 1.82) is 0 Å². The summed E-state index contributed by atoms with van der Waals surface area (Å²) in [5, 5.41) is 24.9. The van der Waals surface area contributed by atoms with Crippen LogP contribution in [0.3, 0.4) is 0 Å². The van der Waals surface area contributed by atoms with Gasteiger partial charge >= 0.3 is 6.18 Å². The lowest BCUT2D eigenvalue weighted by atomic mass is 9.63. The molecular weight excluding hydrogens is 433 g/mol. The fourth-order valence-electron chi connectivity index (χ4n) is 4.58. The summed E-state index contributed by atoms with van der Waals surface area (Å²) in [5.74, 6) is -0.303. The van der Waals surface area contributed by atoms with Crippen LogP contribution in [0, 0.1) is 0 Å². The fourth-order valence-corrected chi connectivity index (χ4v) is 4.74. The molecule has 1 aromatic heterocycles. The van der Waals surface area contributed by atoms with Crippen LogP contribution < -0.4 is 10.9 Å². The summed E-state index contributed by atoms with van der Waals surface area (Å²) in [6.45, 7) is 3.05. The van der Waals surface area contributed by atoms with Crippen molar-refractivity contribution >= 4 is 28.2 Å². The highest BCUT2D eigenvalue weighted by Crippen LogP contribution is 2.57. The van der Waals surface area contributed by atoms with E-state index in [0.717, 1.165) is 0 Å². The number of hydrogen-bond acceptors (Lipinski definition) is 4. The summed E-state index contributed by atoms with van der Waals surface area (Å²) in [4.78, 5) is 14.2. The van der Waals surface area contributed by atoms with Gasteiger partial charge in [-0.05, 0) is 41.7 Å². The van der Waals surface area contributed by atoms with Crippen LogP contribution in [0.1, 0.15) is 37.4 Å². The number of phenolic OH excluding ortho intramolecular Hbond substituents is 1. The van der Waals surface area contributed by atoms with E-state index in [1.807, 2.05) is 0 Å². The van der Waals surface area contributed by atoms with Crippen LogP contribution >= 0.6 is 11.6 Å². The van der Waals surface area contributed by atoms with Gasteiger partial charge < -0.3 is 20.5 Å². The van der Waals surface area contributed by atoms with E-state index in [0.29, 0.717) is 16.6 Å². The summed E-state index contributed by atoms with van der Waals surface area (Å²) in [5.41, 5.74) is -3.62. The molecule has 0 bridgehead atoms. The van der Waals surface area contributed by atoms with Crippen LogP contribution in [-0.4, -0.2) is 27.0 Å². The van der Waals surface area contributed by atoms with E-state index in [2.05, 4.69) is 10.3 Å². The van der Waals surface area contributed by atoms with E-state index in [4.69, 9.17) is 11.6 Å². The van der Waals surface area contributed by atoms with Gasteiger partial charge in [0.05, 0.1) is 16.6 Å². The average Bonchev–Trinajstić information content (AvgIpc) is 2.65. The SMILES string of the molecule is CC1(C)CC(O)(C(F)(F)F)C(Nc2cccc3[nH]c(=O)ccc23)c2ccc(Cl)c(O)c21. The normalized spacial score (nSPS) is 22.9. The van der Waals surface area contributed by atoms with Crippen LogP contribution in [0.15, 0.2) is 47.3 Å². The van der Waals surface area contributed by atoms with Gasteiger partial charge in [-0.3, -0.25) is 4.79 Å². The van der Waals surface area contributed by atoms with Crippen molar-refractivity contribution in [2.45, 2.75) is 43.5 Å². The summed E-state index contributed by atoms with van der Waals surface area (Å²) >= 11 is 6.05. The molecule has 0 fully saturated rings. The largest absolute Gasteiger partial charge is 0.506 e. The number of H-pyrrole nitrogens is 1. The van der Waals surface area contributed by atoms with Crippen molar-refractivity contribution in [1.82, 2.24) is 4.98 Å². The molecule has 4 N–H and O–H groups in total. The number of fused-ring (bicyclic) bond motifs is 2. The minimum Gasteiger partial charge on any atom is -0.506 e. The molecule has 0 saturated heterocycles. The van der Waals surface area contributed by atoms with Gasteiger partial charge in [-0.15, -0.1) is 0 Å². The van der Waals surface area contributed by atoms with Crippen LogP contribution in [0.25, 0.3) is 10.9 Å². The highest BCUT2D eigenvalue weighted by atomic mass is 35.5. The molecule has 1 heterocycles. The minimum atomic E-state index is -4.96. The molecule has 5 nitrogen and oxygen atoms in total. The van der Waals surface area contributed by atoms with Crippen molar-refractivity contribution in [2.75, 3.05) is 5.32 Å². The predicted molar refractivity (Wildman–Crippen MR) is 113 cm³/mol. The Bertz CT molecular complexity index is 1240. The first kappa shape index (κ1) is 21.5. The van der Waals surface area contributed by atoms with Gasteiger partial charge in [-0.25, -0.2) is 0 Å². The molecular formula is C22H20ClF3N2O3. The number of rotatable bonds is 2. The molecule has 1 aliphatic rings. The maximum absolute atomic E-state index is 14.2. The van der Waals surface area contributed by atoms with Gasteiger partial charge in [0.2, 0.25) is 5.56 Å². The number of nitrogens with one attached hydrogen (secondary N) is 2. The van der Waals surface area contributed by atoms with Gasteiger partial charge in [-0.1, -0.05) is 37.6 Å². The minimum absolute atomic E-state index is 0.0192. The smallest absolute Gasteiger partial charge is 0.419 e. The standard InChI is InChI=1S/C22H20ClF3N2O3/c1-20(2)10-21(31,22(24,25)26)19(12-6-8-13(23)18(30)17(12)20)28-15-5-3-4-14-11(15)7-9-16(29)27-14/h3-9,19,28,30-31H,10H2,1-2H3,(H,27,29). The van der Waals surface area contributed by atoms with Gasteiger partial charge in [0.25, 0.3) is 0 Å². The lowest BCUT2D eigenvalue weighted by molar-refractivity contribution is -0.275. The Morgan fingerprint density at radius 1 is 1.16 bits per heavy atom. The topological polar surface area (TPSA) is 85.4 Å². The Morgan fingerprint density at radius 2 is 1.87 bits per heavy atom. The Morgan fingerprint density at radius 3 is 2.55 bits per heavy atom. The second-order valence-electron chi connectivity index (χ2n) is 8.51. The Hall–Kier alpha value is -2.71. The van der Waals surface area contributed by atoms with Crippen molar-refractivity contribution in [2.24, 2.45) is 0 Å². The van der Waals surface area contributed by atoms with Crippen molar-refractivity contribution < 1.29 is 23.4 Å². The molecule has 31 heavy (non-hydrogen) atoms. The molecule has 9 heteroatoms. The zero-order valence-corrected chi connectivity index (χ0v) is 17.4. The number of pyridine rings is 1. The predicted octanol–water partition coefficient (Wildman–Crippen LogP) is 5.02. The van der Waals surface area contributed by atoms with E-state index < -0.39 is 29.7 Å². The van der Waals surface area contributed by atoms with Gasteiger partial charge in [-0.2, -0.15) is 13.2 Å². The van der Waals surface area contributed by atoms with Crippen LogP contribution in [0.2, 0.25) is 5.02 Å². The average molecular weight is 453 g/mol. The molecule has 0 saturated carbocycles. The number of aromatic amines is 1. The molecule has 0 radical (unpaired) electrons. The Labute approximate surface area is 180 Å². The summed E-state index contributed by atoms with van der Waals surface area (Å²) in [6.07, 6.45) is -5.66. The number of aromatic nitrogens is 1. The number of aliphatic hydroxyl groups is 1. The quantitative estimate of drug-likeness (QED) is 0.440. The third-order valence-corrected chi connectivity index (χ3v) is 6.20. The number of halogens is 4.